The van der Waals surface area contributed by atoms with Crippen molar-refractivity contribution in [3.8, 4) is 33.5 Å². The van der Waals surface area contributed by atoms with Gasteiger partial charge in [-0.1, -0.05) is 98.1 Å². The van der Waals surface area contributed by atoms with Crippen LogP contribution in [0.2, 0.25) is 0 Å². The van der Waals surface area contributed by atoms with Gasteiger partial charge < -0.3 is 4.42 Å². The minimum absolute atomic E-state index is 0.744. The summed E-state index contributed by atoms with van der Waals surface area (Å²) in [5.74, 6) is 0.744. The molecule has 2 heterocycles. The molecular weight excluding hydrogens is 474 g/mol. The van der Waals surface area contributed by atoms with Gasteiger partial charge in [-0.2, -0.15) is 0 Å². The first-order valence-electron chi connectivity index (χ1n) is 14.3. The van der Waals surface area contributed by atoms with Crippen molar-refractivity contribution in [1.82, 2.24) is 0 Å². The van der Waals surface area contributed by atoms with E-state index in [0.29, 0.717) is 0 Å². The summed E-state index contributed by atoms with van der Waals surface area (Å²) in [6, 6.07) is 35.5. The number of fused-ring (bicyclic) bond motifs is 3. The van der Waals surface area contributed by atoms with Gasteiger partial charge in [0, 0.05) is 28.5 Å². The van der Waals surface area contributed by atoms with Crippen LogP contribution in [-0.4, -0.2) is 0 Å². The van der Waals surface area contributed by atoms with E-state index in [2.05, 4.69) is 122 Å². The van der Waals surface area contributed by atoms with E-state index in [9.17, 15) is 0 Å². The molecule has 0 aliphatic heterocycles. The number of furan rings is 1. The lowest BCUT2D eigenvalue weighted by molar-refractivity contribution is -0.660. The third-order valence-corrected chi connectivity index (χ3v) is 8.70. The van der Waals surface area contributed by atoms with Gasteiger partial charge in [0.15, 0.2) is 6.20 Å². The molecule has 2 heteroatoms. The van der Waals surface area contributed by atoms with E-state index in [0.717, 1.165) is 44.7 Å². The molecule has 1 fully saturated rings. The molecule has 1 aliphatic carbocycles. The van der Waals surface area contributed by atoms with Crippen LogP contribution in [0.15, 0.2) is 108 Å². The maximum absolute atomic E-state index is 6.73. The lowest BCUT2D eigenvalue weighted by Crippen LogP contribution is -2.30. The number of para-hydroxylation sites is 1. The topological polar surface area (TPSA) is 17.0 Å². The molecule has 1 aliphatic rings. The first-order valence-corrected chi connectivity index (χ1v) is 14.3. The van der Waals surface area contributed by atoms with Gasteiger partial charge in [-0.15, -0.1) is 0 Å². The highest BCUT2D eigenvalue weighted by atomic mass is 16.3. The van der Waals surface area contributed by atoms with Crippen molar-refractivity contribution in [2.24, 2.45) is 7.05 Å². The van der Waals surface area contributed by atoms with Crippen LogP contribution in [0.1, 0.15) is 49.1 Å². The van der Waals surface area contributed by atoms with E-state index in [-0.39, 0.29) is 0 Å². The van der Waals surface area contributed by atoms with Crippen LogP contribution >= 0.6 is 0 Å². The highest BCUT2D eigenvalue weighted by molar-refractivity contribution is 6.13. The van der Waals surface area contributed by atoms with Gasteiger partial charge in [0.1, 0.15) is 18.2 Å². The maximum Gasteiger partial charge on any atom is 0.216 e. The number of rotatable bonds is 4. The van der Waals surface area contributed by atoms with Crippen LogP contribution in [0.3, 0.4) is 0 Å². The Morgan fingerprint density at radius 1 is 0.641 bits per heavy atom. The highest BCUT2D eigenvalue weighted by Crippen LogP contribution is 2.41. The minimum atomic E-state index is 0.744. The van der Waals surface area contributed by atoms with Crippen molar-refractivity contribution < 1.29 is 8.98 Å². The van der Waals surface area contributed by atoms with Crippen molar-refractivity contribution in [2.45, 2.75) is 44.9 Å². The van der Waals surface area contributed by atoms with Crippen LogP contribution in [0, 0.1) is 6.92 Å². The average Bonchev–Trinajstić information content (AvgIpc) is 3.37. The fourth-order valence-electron chi connectivity index (χ4n) is 6.51. The summed E-state index contributed by atoms with van der Waals surface area (Å²) in [6.45, 7) is 2.16. The fraction of sp³-hybridized carbons (Fsp3) is 0.216. The molecule has 2 aromatic heterocycles. The largest absolute Gasteiger partial charge is 0.454 e. The predicted molar refractivity (Wildman–Crippen MR) is 162 cm³/mol. The zero-order chi connectivity index (χ0) is 26.3. The van der Waals surface area contributed by atoms with Crippen LogP contribution in [0.4, 0.5) is 0 Å². The molecule has 7 rings (SSSR count). The summed E-state index contributed by atoms with van der Waals surface area (Å²) < 4.78 is 8.89. The highest BCUT2D eigenvalue weighted by Gasteiger charge is 2.21. The number of benzene rings is 4. The SMILES string of the molecule is Cc1ccc2c(oc3c(-c4ccc(-c5ccc(C6CCCCC6)cc5)cc4)cccc32)c1-c1cccc[n+]1C. The number of aryl methyl sites for hydroxylation is 2. The van der Waals surface area contributed by atoms with Crippen LogP contribution in [-0.2, 0) is 7.05 Å². The first kappa shape index (κ1) is 23.9. The first-order chi connectivity index (χ1) is 19.2. The number of pyridine rings is 1. The smallest absolute Gasteiger partial charge is 0.216 e. The van der Waals surface area contributed by atoms with Crippen molar-refractivity contribution in [1.29, 1.82) is 0 Å². The van der Waals surface area contributed by atoms with E-state index in [1.165, 1.54) is 59.9 Å². The van der Waals surface area contributed by atoms with E-state index in [1.54, 1.807) is 0 Å². The molecule has 6 aromatic rings. The summed E-state index contributed by atoms with van der Waals surface area (Å²) in [6.07, 6.45) is 8.91. The molecule has 0 bridgehead atoms. The average molecular weight is 509 g/mol. The fourth-order valence-corrected chi connectivity index (χ4v) is 6.51. The lowest BCUT2D eigenvalue weighted by Gasteiger charge is -2.22. The summed E-state index contributed by atoms with van der Waals surface area (Å²) in [4.78, 5) is 0. The lowest BCUT2D eigenvalue weighted by atomic mass is 9.83. The summed E-state index contributed by atoms with van der Waals surface area (Å²) >= 11 is 0. The molecule has 0 unspecified atom stereocenters. The molecule has 0 amide bonds. The van der Waals surface area contributed by atoms with Gasteiger partial charge in [-0.05, 0) is 59.6 Å². The second-order valence-electron chi connectivity index (χ2n) is 11.1. The Labute approximate surface area is 230 Å². The van der Waals surface area contributed by atoms with Gasteiger partial charge in [0.05, 0.1) is 5.56 Å². The maximum atomic E-state index is 6.73. The van der Waals surface area contributed by atoms with Crippen molar-refractivity contribution in [3.63, 3.8) is 0 Å². The monoisotopic (exact) mass is 508 g/mol. The van der Waals surface area contributed by atoms with Gasteiger partial charge in [0.25, 0.3) is 0 Å². The second kappa shape index (κ2) is 9.85. The summed E-state index contributed by atoms with van der Waals surface area (Å²) in [7, 11) is 2.09. The zero-order valence-electron chi connectivity index (χ0n) is 22.8. The molecule has 39 heavy (non-hydrogen) atoms. The van der Waals surface area contributed by atoms with Crippen LogP contribution in [0.5, 0.6) is 0 Å². The standard InChI is InChI=1S/C37H34NO/c1-25-14-23-33-32-12-8-11-31(36(32)39-37(33)35(25)34-13-6-7-24-38(34)2)30-21-19-29(20-22-30)28-17-15-27(16-18-28)26-9-4-3-5-10-26/h6-8,11-24,26H,3-5,9-10H2,1-2H3/q+1. The van der Waals surface area contributed by atoms with Crippen molar-refractivity contribution in [2.75, 3.05) is 0 Å². The van der Waals surface area contributed by atoms with Gasteiger partial charge in [0.2, 0.25) is 5.69 Å². The van der Waals surface area contributed by atoms with E-state index >= 15 is 0 Å². The molecule has 0 atom stereocenters. The quantitative estimate of drug-likeness (QED) is 0.217. The zero-order valence-corrected chi connectivity index (χ0v) is 22.8. The summed E-state index contributed by atoms with van der Waals surface area (Å²) in [5, 5.41) is 2.32. The second-order valence-corrected chi connectivity index (χ2v) is 11.1. The third kappa shape index (κ3) is 4.25. The number of nitrogens with zero attached hydrogens (tertiary/aromatic N) is 1. The number of hydrogen-bond donors (Lipinski definition) is 0. The number of aromatic nitrogens is 1. The van der Waals surface area contributed by atoms with E-state index in [4.69, 9.17) is 4.42 Å². The number of hydrogen-bond acceptors (Lipinski definition) is 1. The van der Waals surface area contributed by atoms with E-state index in [1.807, 2.05) is 0 Å². The Morgan fingerprint density at radius 2 is 1.33 bits per heavy atom. The molecule has 2 nitrogen and oxygen atoms in total. The van der Waals surface area contributed by atoms with Crippen molar-refractivity contribution >= 4 is 21.9 Å². The third-order valence-electron chi connectivity index (χ3n) is 8.70. The van der Waals surface area contributed by atoms with E-state index < -0.39 is 0 Å². The molecule has 0 radical (unpaired) electrons. The van der Waals surface area contributed by atoms with Crippen molar-refractivity contribution in [3.05, 3.63) is 114 Å². The Kier molecular flexibility index (Phi) is 6.04. The van der Waals surface area contributed by atoms with Gasteiger partial charge >= 0.3 is 0 Å². The molecular formula is C37H34NO+. The summed E-state index contributed by atoms with van der Waals surface area (Å²) in [5.41, 5.74) is 11.8. The normalized spacial score (nSPS) is 14.3. The molecule has 0 saturated heterocycles. The molecule has 1 saturated carbocycles. The molecule has 4 aromatic carbocycles. The Balaban J connectivity index is 1.27. The Bertz CT molecular complexity index is 1780. The minimum Gasteiger partial charge on any atom is -0.454 e. The molecule has 0 N–H and O–H groups in total. The van der Waals surface area contributed by atoms with Gasteiger partial charge in [-0.25, -0.2) is 4.57 Å². The molecule has 0 spiro atoms. The molecule has 192 valence electrons. The predicted octanol–water partition coefficient (Wildman–Crippen LogP) is 9.77. The van der Waals surface area contributed by atoms with Crippen LogP contribution < -0.4 is 4.57 Å². The van der Waals surface area contributed by atoms with Crippen LogP contribution in [0.25, 0.3) is 55.4 Å². The van der Waals surface area contributed by atoms with Gasteiger partial charge in [-0.3, -0.25) is 0 Å². The Morgan fingerprint density at radius 3 is 2.08 bits per heavy atom. The Hall–Kier alpha value is -4.17.